The summed E-state index contributed by atoms with van der Waals surface area (Å²) in [5, 5.41) is 0. The Kier molecular flexibility index (Phi) is 2.35. The van der Waals surface area contributed by atoms with Gasteiger partial charge in [0.2, 0.25) is 0 Å². The first-order chi connectivity index (χ1) is 5.77. The van der Waals surface area contributed by atoms with Crippen LogP contribution < -0.4 is 5.73 Å². The zero-order valence-electron chi connectivity index (χ0n) is 7.70. The first-order valence-corrected chi connectivity index (χ1v) is 4.86. The van der Waals surface area contributed by atoms with Gasteiger partial charge in [0.15, 0.2) is 0 Å². The molecule has 2 fully saturated rings. The molecular weight excluding hydrogens is 152 g/mol. The highest BCUT2D eigenvalue weighted by Crippen LogP contribution is 2.28. The molecule has 2 saturated heterocycles. The van der Waals surface area contributed by atoms with Crippen molar-refractivity contribution in [1.82, 2.24) is 4.90 Å². The summed E-state index contributed by atoms with van der Waals surface area (Å²) >= 11 is 0. The Hall–Kier alpha value is -0.120. The fourth-order valence-corrected chi connectivity index (χ4v) is 2.34. The van der Waals surface area contributed by atoms with Gasteiger partial charge < -0.3 is 10.5 Å². The third-order valence-corrected chi connectivity index (χ3v) is 2.89. The number of nitrogens with two attached hydrogens (primary N) is 1. The third kappa shape index (κ3) is 1.49. The molecule has 2 rings (SSSR count). The number of hydrogen-bond acceptors (Lipinski definition) is 3. The molecule has 3 unspecified atom stereocenters. The van der Waals surface area contributed by atoms with Crippen LogP contribution in [-0.4, -0.2) is 42.8 Å². The van der Waals surface area contributed by atoms with Crippen molar-refractivity contribution in [1.29, 1.82) is 0 Å². The van der Waals surface area contributed by atoms with Crippen LogP contribution in [0, 0.1) is 0 Å². The predicted octanol–water partition coefficient (Wildman–Crippen LogP) is 0.197. The SMILES string of the molecule is CC(N)CN1C2CCC1COC2. The highest BCUT2D eigenvalue weighted by Gasteiger charge is 2.37. The molecule has 0 saturated carbocycles. The highest BCUT2D eigenvalue weighted by atomic mass is 16.5. The molecule has 0 radical (unpaired) electrons. The van der Waals surface area contributed by atoms with Gasteiger partial charge in [-0.3, -0.25) is 4.90 Å². The summed E-state index contributed by atoms with van der Waals surface area (Å²) in [6.07, 6.45) is 2.61. The van der Waals surface area contributed by atoms with E-state index in [4.69, 9.17) is 10.5 Å². The number of morpholine rings is 1. The standard InChI is InChI=1S/C9H18N2O/c1-7(10)4-11-8-2-3-9(11)6-12-5-8/h7-9H,2-6,10H2,1H3. The Bertz CT molecular complexity index is 145. The molecule has 2 aliphatic rings. The van der Waals surface area contributed by atoms with Crippen LogP contribution in [0.1, 0.15) is 19.8 Å². The fraction of sp³-hybridized carbons (Fsp3) is 1.00. The van der Waals surface area contributed by atoms with Gasteiger partial charge >= 0.3 is 0 Å². The van der Waals surface area contributed by atoms with Crippen LogP contribution in [0.3, 0.4) is 0 Å². The third-order valence-electron chi connectivity index (χ3n) is 2.89. The molecule has 2 heterocycles. The number of rotatable bonds is 2. The lowest BCUT2D eigenvalue weighted by molar-refractivity contribution is -0.0161. The smallest absolute Gasteiger partial charge is 0.0622 e. The maximum atomic E-state index is 5.79. The van der Waals surface area contributed by atoms with Crippen LogP contribution in [0.15, 0.2) is 0 Å². The maximum Gasteiger partial charge on any atom is 0.0622 e. The summed E-state index contributed by atoms with van der Waals surface area (Å²) in [5.41, 5.74) is 5.79. The fourth-order valence-electron chi connectivity index (χ4n) is 2.34. The largest absolute Gasteiger partial charge is 0.378 e. The van der Waals surface area contributed by atoms with Crippen molar-refractivity contribution in [2.45, 2.75) is 37.9 Å². The van der Waals surface area contributed by atoms with Gasteiger partial charge in [-0.15, -0.1) is 0 Å². The van der Waals surface area contributed by atoms with E-state index in [1.807, 2.05) is 0 Å². The molecule has 0 aromatic carbocycles. The summed E-state index contributed by atoms with van der Waals surface area (Å²) in [6.45, 7) is 4.96. The van der Waals surface area contributed by atoms with E-state index < -0.39 is 0 Å². The summed E-state index contributed by atoms with van der Waals surface area (Å²) in [6, 6.07) is 1.62. The molecule has 3 atom stereocenters. The lowest BCUT2D eigenvalue weighted by Crippen LogP contribution is -2.49. The second-order valence-corrected chi connectivity index (χ2v) is 4.10. The molecule has 2 bridgehead atoms. The Labute approximate surface area is 73.9 Å². The second kappa shape index (κ2) is 3.32. The predicted molar refractivity (Wildman–Crippen MR) is 48.0 cm³/mol. The molecular formula is C9H18N2O. The first-order valence-electron chi connectivity index (χ1n) is 4.86. The van der Waals surface area contributed by atoms with Gasteiger partial charge in [-0.1, -0.05) is 0 Å². The molecule has 3 nitrogen and oxygen atoms in total. The van der Waals surface area contributed by atoms with E-state index in [-0.39, 0.29) is 0 Å². The number of nitrogens with zero attached hydrogens (tertiary/aromatic N) is 1. The molecule has 12 heavy (non-hydrogen) atoms. The van der Waals surface area contributed by atoms with Crippen molar-refractivity contribution in [3.8, 4) is 0 Å². The summed E-state index contributed by atoms with van der Waals surface area (Å²) in [5.74, 6) is 0. The van der Waals surface area contributed by atoms with Crippen LogP contribution in [0.5, 0.6) is 0 Å². The van der Waals surface area contributed by atoms with E-state index >= 15 is 0 Å². The summed E-state index contributed by atoms with van der Waals surface area (Å²) in [4.78, 5) is 2.54. The molecule has 2 N–H and O–H groups in total. The van der Waals surface area contributed by atoms with Crippen LogP contribution >= 0.6 is 0 Å². The van der Waals surface area contributed by atoms with Crippen molar-refractivity contribution in [2.75, 3.05) is 19.8 Å². The molecule has 70 valence electrons. The molecule has 0 spiro atoms. The lowest BCUT2D eigenvalue weighted by atomic mass is 10.2. The van der Waals surface area contributed by atoms with E-state index in [0.717, 1.165) is 19.8 Å². The van der Waals surface area contributed by atoms with Crippen molar-refractivity contribution < 1.29 is 4.74 Å². The monoisotopic (exact) mass is 170 g/mol. The highest BCUT2D eigenvalue weighted by molar-refractivity contribution is 4.91. The minimum Gasteiger partial charge on any atom is -0.378 e. The lowest BCUT2D eigenvalue weighted by Gasteiger charge is -2.35. The summed E-state index contributed by atoms with van der Waals surface area (Å²) < 4.78 is 5.49. The normalized spacial score (nSPS) is 38.5. The van der Waals surface area contributed by atoms with Crippen LogP contribution in [0.25, 0.3) is 0 Å². The number of hydrogen-bond donors (Lipinski definition) is 1. The van der Waals surface area contributed by atoms with Gasteiger partial charge in [-0.2, -0.15) is 0 Å². The minimum absolute atomic E-state index is 0.297. The van der Waals surface area contributed by atoms with Gasteiger partial charge in [0.1, 0.15) is 0 Å². The van der Waals surface area contributed by atoms with Gasteiger partial charge in [0, 0.05) is 24.7 Å². The zero-order chi connectivity index (χ0) is 8.55. The topological polar surface area (TPSA) is 38.5 Å². The van der Waals surface area contributed by atoms with E-state index in [1.165, 1.54) is 12.8 Å². The van der Waals surface area contributed by atoms with E-state index in [2.05, 4.69) is 11.8 Å². The number of fused-ring (bicyclic) bond motifs is 2. The van der Waals surface area contributed by atoms with Gasteiger partial charge in [0.05, 0.1) is 13.2 Å². The van der Waals surface area contributed by atoms with Crippen LogP contribution in [-0.2, 0) is 4.74 Å². The quantitative estimate of drug-likeness (QED) is 0.643. The van der Waals surface area contributed by atoms with Crippen molar-refractivity contribution in [2.24, 2.45) is 5.73 Å². The Morgan fingerprint density at radius 2 is 2.00 bits per heavy atom. The summed E-state index contributed by atoms with van der Waals surface area (Å²) in [7, 11) is 0. The van der Waals surface area contributed by atoms with E-state index in [9.17, 15) is 0 Å². The van der Waals surface area contributed by atoms with Gasteiger partial charge in [0.25, 0.3) is 0 Å². The van der Waals surface area contributed by atoms with E-state index in [1.54, 1.807) is 0 Å². The zero-order valence-corrected chi connectivity index (χ0v) is 7.70. The molecule has 2 aliphatic heterocycles. The Morgan fingerprint density at radius 1 is 1.42 bits per heavy atom. The van der Waals surface area contributed by atoms with Crippen molar-refractivity contribution >= 4 is 0 Å². The van der Waals surface area contributed by atoms with Crippen molar-refractivity contribution in [3.05, 3.63) is 0 Å². The first kappa shape index (κ1) is 8.48. The van der Waals surface area contributed by atoms with Crippen molar-refractivity contribution in [3.63, 3.8) is 0 Å². The average molecular weight is 170 g/mol. The second-order valence-electron chi connectivity index (χ2n) is 4.10. The van der Waals surface area contributed by atoms with Crippen LogP contribution in [0.2, 0.25) is 0 Å². The van der Waals surface area contributed by atoms with Crippen LogP contribution in [0.4, 0.5) is 0 Å². The Balaban J connectivity index is 1.96. The van der Waals surface area contributed by atoms with E-state index in [0.29, 0.717) is 18.1 Å². The van der Waals surface area contributed by atoms with Gasteiger partial charge in [-0.05, 0) is 19.8 Å². The number of ether oxygens (including phenoxy) is 1. The molecule has 0 aromatic rings. The average Bonchev–Trinajstić information content (AvgIpc) is 2.30. The molecule has 3 heteroatoms. The van der Waals surface area contributed by atoms with Gasteiger partial charge in [-0.25, -0.2) is 0 Å². The minimum atomic E-state index is 0.297. The Morgan fingerprint density at radius 3 is 2.50 bits per heavy atom. The maximum absolute atomic E-state index is 5.79. The molecule has 0 amide bonds. The molecule has 0 aromatic heterocycles. The molecule has 0 aliphatic carbocycles.